The number of ether oxygens (including phenoxy) is 2. The number of para-hydroxylation sites is 1. The molecule has 0 atom stereocenters. The van der Waals surface area contributed by atoms with Crippen molar-refractivity contribution in [3.05, 3.63) is 93.9 Å². The van der Waals surface area contributed by atoms with E-state index in [4.69, 9.17) is 9.47 Å². The lowest BCUT2D eigenvalue weighted by molar-refractivity contribution is -0.143. The van der Waals surface area contributed by atoms with E-state index in [0.29, 0.717) is 28.2 Å². The van der Waals surface area contributed by atoms with Gasteiger partial charge in [0.1, 0.15) is 6.61 Å². The molecule has 1 amide bonds. The summed E-state index contributed by atoms with van der Waals surface area (Å²) in [5, 5.41) is 0.522. The van der Waals surface area contributed by atoms with Crippen LogP contribution in [0.2, 0.25) is 0 Å². The van der Waals surface area contributed by atoms with Gasteiger partial charge in [-0.2, -0.15) is 31.3 Å². The summed E-state index contributed by atoms with van der Waals surface area (Å²) in [5.74, 6) is -0.192. The number of amidine groups is 1. The van der Waals surface area contributed by atoms with E-state index in [-0.39, 0.29) is 17.6 Å². The van der Waals surface area contributed by atoms with Gasteiger partial charge in [0.25, 0.3) is 5.91 Å². The first-order chi connectivity index (χ1) is 18.9. The Morgan fingerprint density at radius 3 is 2.27 bits per heavy atom. The van der Waals surface area contributed by atoms with Crippen LogP contribution in [0.15, 0.2) is 76.6 Å². The summed E-state index contributed by atoms with van der Waals surface area (Å²) < 4.78 is 90.1. The lowest BCUT2D eigenvalue weighted by Crippen LogP contribution is -2.26. The second kappa shape index (κ2) is 11.7. The number of methoxy groups -OCH3 is 1. The maximum atomic E-state index is 13.5. The van der Waals surface area contributed by atoms with Gasteiger partial charge in [-0.1, -0.05) is 30.3 Å². The average Bonchev–Trinajstić information content (AvgIpc) is 3.26. The standard InChI is InChI=1S/C28H22F6N2O3S/c1-3-36(20-7-5-4-6-8-20)26-35-25(37)24(40-26)14-17-9-12-22(23(13-17)38-2)39-16-18-10-11-19(27(29,30)31)15-21(18)28(32,33)34/h4-15H,3,16H2,1-2H3. The number of nitrogens with zero attached hydrogens (tertiary/aromatic N) is 2. The van der Waals surface area contributed by atoms with Crippen LogP contribution in [-0.4, -0.2) is 24.7 Å². The molecule has 0 saturated carbocycles. The number of anilines is 1. The minimum absolute atomic E-state index is 0.0648. The van der Waals surface area contributed by atoms with Gasteiger partial charge < -0.3 is 14.4 Å². The Morgan fingerprint density at radius 1 is 0.925 bits per heavy atom. The second-order valence-corrected chi connectivity index (χ2v) is 9.47. The number of carbonyl (C=O) groups excluding carboxylic acids is 1. The number of amides is 1. The zero-order valence-electron chi connectivity index (χ0n) is 21.1. The molecule has 1 aliphatic heterocycles. The first-order valence-electron chi connectivity index (χ1n) is 11.8. The predicted octanol–water partition coefficient (Wildman–Crippen LogP) is 7.81. The number of halogens is 6. The van der Waals surface area contributed by atoms with Gasteiger partial charge in [0.15, 0.2) is 16.7 Å². The van der Waals surface area contributed by atoms with Gasteiger partial charge in [0.05, 0.1) is 23.1 Å². The third kappa shape index (κ3) is 6.61. The van der Waals surface area contributed by atoms with E-state index in [2.05, 4.69) is 4.99 Å². The van der Waals surface area contributed by atoms with Crippen LogP contribution >= 0.6 is 11.8 Å². The number of carbonyl (C=O) groups is 1. The fourth-order valence-electron chi connectivity index (χ4n) is 3.89. The monoisotopic (exact) mass is 580 g/mol. The van der Waals surface area contributed by atoms with Crippen LogP contribution in [0.25, 0.3) is 6.08 Å². The van der Waals surface area contributed by atoms with Crippen molar-refractivity contribution in [2.45, 2.75) is 25.9 Å². The fourth-order valence-corrected chi connectivity index (χ4v) is 4.89. The molecular weight excluding hydrogens is 558 g/mol. The fraction of sp³-hybridized carbons (Fsp3) is 0.214. The smallest absolute Gasteiger partial charge is 0.416 e. The lowest BCUT2D eigenvalue weighted by Gasteiger charge is -2.21. The third-order valence-corrected chi connectivity index (χ3v) is 6.84. The highest BCUT2D eigenvalue weighted by atomic mass is 32.2. The third-order valence-electron chi connectivity index (χ3n) is 5.84. The molecule has 12 heteroatoms. The van der Waals surface area contributed by atoms with Gasteiger partial charge in [-0.3, -0.25) is 4.79 Å². The molecule has 0 aliphatic carbocycles. The van der Waals surface area contributed by atoms with Gasteiger partial charge >= 0.3 is 12.4 Å². The largest absolute Gasteiger partial charge is 0.493 e. The van der Waals surface area contributed by atoms with Gasteiger partial charge in [0, 0.05) is 17.8 Å². The molecule has 210 valence electrons. The Balaban J connectivity index is 1.52. The molecule has 3 aromatic rings. The van der Waals surface area contributed by atoms with Crippen LogP contribution in [0.5, 0.6) is 11.5 Å². The molecule has 0 unspecified atom stereocenters. The zero-order chi connectivity index (χ0) is 29.1. The van der Waals surface area contributed by atoms with E-state index in [0.717, 1.165) is 11.8 Å². The first-order valence-corrected chi connectivity index (χ1v) is 12.7. The van der Waals surface area contributed by atoms with Gasteiger partial charge in [-0.15, -0.1) is 0 Å². The normalized spacial score (nSPS) is 14.8. The zero-order valence-corrected chi connectivity index (χ0v) is 22.0. The quantitative estimate of drug-likeness (QED) is 0.211. The molecule has 1 aliphatic rings. The average molecular weight is 581 g/mol. The molecule has 40 heavy (non-hydrogen) atoms. The number of thioether (sulfide) groups is 1. The Labute approximate surface area is 230 Å². The van der Waals surface area contributed by atoms with Crippen LogP contribution in [0.1, 0.15) is 29.2 Å². The van der Waals surface area contributed by atoms with Crippen molar-refractivity contribution in [1.82, 2.24) is 0 Å². The highest BCUT2D eigenvalue weighted by Crippen LogP contribution is 2.39. The molecule has 0 fully saturated rings. The van der Waals surface area contributed by atoms with Crippen LogP contribution in [0.4, 0.5) is 32.0 Å². The van der Waals surface area contributed by atoms with Crippen molar-refractivity contribution < 1.29 is 40.6 Å². The Hall–Kier alpha value is -3.93. The minimum Gasteiger partial charge on any atom is -0.493 e. The molecule has 4 rings (SSSR count). The molecule has 1 heterocycles. The molecule has 0 radical (unpaired) electrons. The molecular formula is C28H22F6N2O3S. The second-order valence-electron chi connectivity index (χ2n) is 8.46. The SMILES string of the molecule is CCN(C1=NC(=O)C(=Cc2ccc(OCc3ccc(C(F)(F)F)cc3C(F)(F)F)c(OC)c2)S1)c1ccccc1. The number of aliphatic imine (C=N–C) groups is 1. The van der Waals surface area contributed by atoms with E-state index in [1.54, 1.807) is 12.1 Å². The summed E-state index contributed by atoms with van der Waals surface area (Å²) in [6, 6.07) is 15.4. The topological polar surface area (TPSA) is 51.1 Å². The van der Waals surface area contributed by atoms with Crippen LogP contribution in [0, 0.1) is 0 Å². The van der Waals surface area contributed by atoms with Gasteiger partial charge in [-0.25, -0.2) is 0 Å². The van der Waals surface area contributed by atoms with Crippen molar-refractivity contribution in [1.29, 1.82) is 0 Å². The van der Waals surface area contributed by atoms with E-state index < -0.39 is 41.6 Å². The number of benzene rings is 3. The van der Waals surface area contributed by atoms with Crippen molar-refractivity contribution in [3.63, 3.8) is 0 Å². The molecule has 0 N–H and O–H groups in total. The molecule has 0 bridgehead atoms. The summed E-state index contributed by atoms with van der Waals surface area (Å²) >= 11 is 1.20. The summed E-state index contributed by atoms with van der Waals surface area (Å²) in [5.41, 5.74) is -1.88. The van der Waals surface area contributed by atoms with Crippen molar-refractivity contribution in [2.75, 3.05) is 18.6 Å². The summed E-state index contributed by atoms with van der Waals surface area (Å²) in [7, 11) is 1.33. The highest BCUT2D eigenvalue weighted by Gasteiger charge is 2.38. The molecule has 5 nitrogen and oxygen atoms in total. The number of hydrogen-bond acceptors (Lipinski definition) is 5. The van der Waals surface area contributed by atoms with Crippen molar-refractivity contribution in [2.24, 2.45) is 4.99 Å². The van der Waals surface area contributed by atoms with Crippen LogP contribution in [0.3, 0.4) is 0 Å². The molecule has 0 spiro atoms. The number of rotatable bonds is 7. The maximum absolute atomic E-state index is 13.5. The van der Waals surface area contributed by atoms with Gasteiger partial charge in [0.2, 0.25) is 0 Å². The van der Waals surface area contributed by atoms with E-state index >= 15 is 0 Å². The van der Waals surface area contributed by atoms with Crippen LogP contribution < -0.4 is 14.4 Å². The summed E-state index contributed by atoms with van der Waals surface area (Å²) in [6.45, 7) is 1.88. The minimum atomic E-state index is -5.01. The Bertz CT molecular complexity index is 1450. The summed E-state index contributed by atoms with van der Waals surface area (Å²) in [6.07, 6.45) is -8.33. The lowest BCUT2D eigenvalue weighted by atomic mass is 10.0. The molecule has 3 aromatic carbocycles. The Kier molecular flexibility index (Phi) is 8.48. The highest BCUT2D eigenvalue weighted by molar-refractivity contribution is 8.18. The van der Waals surface area contributed by atoms with E-state index in [1.165, 1.54) is 31.0 Å². The molecule has 0 saturated heterocycles. The summed E-state index contributed by atoms with van der Waals surface area (Å²) in [4.78, 5) is 19.0. The predicted molar refractivity (Wildman–Crippen MR) is 141 cm³/mol. The number of alkyl halides is 6. The van der Waals surface area contributed by atoms with Crippen molar-refractivity contribution in [3.8, 4) is 11.5 Å². The van der Waals surface area contributed by atoms with E-state index in [9.17, 15) is 31.1 Å². The molecule has 0 aromatic heterocycles. The maximum Gasteiger partial charge on any atom is 0.416 e. The van der Waals surface area contributed by atoms with Crippen molar-refractivity contribution >= 4 is 34.6 Å². The van der Waals surface area contributed by atoms with Crippen LogP contribution in [-0.2, 0) is 23.8 Å². The van der Waals surface area contributed by atoms with Gasteiger partial charge in [-0.05, 0) is 66.7 Å². The number of hydrogen-bond donors (Lipinski definition) is 0. The Morgan fingerprint density at radius 2 is 1.65 bits per heavy atom. The van der Waals surface area contributed by atoms with E-state index in [1.807, 2.05) is 42.2 Å². The first kappa shape index (κ1) is 29.1.